The van der Waals surface area contributed by atoms with E-state index in [2.05, 4.69) is 4.98 Å². The molecule has 0 amide bonds. The van der Waals surface area contributed by atoms with Crippen molar-refractivity contribution in [3.63, 3.8) is 0 Å². The van der Waals surface area contributed by atoms with Crippen molar-refractivity contribution in [2.75, 3.05) is 13.2 Å². The quantitative estimate of drug-likeness (QED) is 0.663. The summed E-state index contributed by atoms with van der Waals surface area (Å²) in [4.78, 5) is 3.95. The molecule has 2 N–H and O–H groups in total. The van der Waals surface area contributed by atoms with Crippen molar-refractivity contribution in [1.29, 1.82) is 0 Å². The highest BCUT2D eigenvalue weighted by Crippen LogP contribution is 2.06. The Hall–Kier alpha value is -1.13. The van der Waals surface area contributed by atoms with Crippen LogP contribution in [0.25, 0.3) is 0 Å². The molecule has 0 fully saturated rings. The zero-order chi connectivity index (χ0) is 8.81. The zero-order valence-electron chi connectivity index (χ0n) is 6.60. The molecule has 0 bridgehead atoms. The van der Waals surface area contributed by atoms with Crippen LogP contribution >= 0.6 is 0 Å². The third-order valence-corrected chi connectivity index (χ3v) is 1.28. The number of aliphatic hydroxyl groups is 2. The van der Waals surface area contributed by atoms with Crippen molar-refractivity contribution in [3.05, 3.63) is 23.9 Å². The molecule has 0 aliphatic carbocycles. The van der Waals surface area contributed by atoms with Crippen LogP contribution in [0.1, 0.15) is 5.69 Å². The number of aliphatic hydroxyl groups excluding tert-OH is 2. The summed E-state index contributed by atoms with van der Waals surface area (Å²) in [5.74, 6) is 0.426. The van der Waals surface area contributed by atoms with Crippen LogP contribution in [0, 0.1) is 0 Å². The molecule has 4 heteroatoms. The van der Waals surface area contributed by atoms with E-state index in [1.165, 1.54) is 0 Å². The van der Waals surface area contributed by atoms with Crippen LogP contribution in [0.15, 0.2) is 18.2 Å². The van der Waals surface area contributed by atoms with Crippen molar-refractivity contribution >= 4 is 0 Å². The summed E-state index contributed by atoms with van der Waals surface area (Å²) in [6, 6.07) is 5.12. The second-order valence-corrected chi connectivity index (χ2v) is 2.20. The Labute approximate surface area is 70.4 Å². The number of aromatic nitrogens is 1. The van der Waals surface area contributed by atoms with Crippen LogP contribution < -0.4 is 4.74 Å². The van der Waals surface area contributed by atoms with Crippen LogP contribution in [0.3, 0.4) is 0 Å². The number of hydrogen-bond donors (Lipinski definition) is 2. The highest BCUT2D eigenvalue weighted by atomic mass is 16.5. The summed E-state index contributed by atoms with van der Waals surface area (Å²) in [6.07, 6.45) is 0. The monoisotopic (exact) mass is 169 g/mol. The minimum absolute atomic E-state index is 0.0367. The first-order chi connectivity index (χ1) is 5.86. The van der Waals surface area contributed by atoms with E-state index in [4.69, 9.17) is 14.9 Å². The Bertz CT molecular complexity index is 239. The van der Waals surface area contributed by atoms with Gasteiger partial charge in [0.1, 0.15) is 6.61 Å². The van der Waals surface area contributed by atoms with Gasteiger partial charge in [0.2, 0.25) is 5.88 Å². The largest absolute Gasteiger partial charge is 0.475 e. The Morgan fingerprint density at radius 3 is 2.83 bits per heavy atom. The molecule has 0 saturated carbocycles. The van der Waals surface area contributed by atoms with Gasteiger partial charge in [0.25, 0.3) is 0 Å². The zero-order valence-corrected chi connectivity index (χ0v) is 6.60. The highest BCUT2D eigenvalue weighted by Gasteiger charge is 1.95. The van der Waals surface area contributed by atoms with Gasteiger partial charge in [-0.05, 0) is 6.07 Å². The van der Waals surface area contributed by atoms with Crippen molar-refractivity contribution in [2.45, 2.75) is 6.61 Å². The lowest BCUT2D eigenvalue weighted by molar-refractivity contribution is 0.195. The molecule has 0 unspecified atom stereocenters. The second-order valence-electron chi connectivity index (χ2n) is 2.20. The van der Waals surface area contributed by atoms with E-state index in [1.54, 1.807) is 18.2 Å². The van der Waals surface area contributed by atoms with Gasteiger partial charge in [0, 0.05) is 6.07 Å². The number of rotatable bonds is 4. The maximum absolute atomic E-state index is 8.72. The van der Waals surface area contributed by atoms with Gasteiger partial charge in [0.05, 0.1) is 18.9 Å². The van der Waals surface area contributed by atoms with Gasteiger partial charge in [-0.25, -0.2) is 4.98 Å². The minimum Gasteiger partial charge on any atom is -0.475 e. The molecule has 0 atom stereocenters. The van der Waals surface area contributed by atoms with E-state index < -0.39 is 0 Å². The van der Waals surface area contributed by atoms with E-state index in [-0.39, 0.29) is 19.8 Å². The molecule has 4 nitrogen and oxygen atoms in total. The van der Waals surface area contributed by atoms with Crippen molar-refractivity contribution in [2.24, 2.45) is 0 Å². The van der Waals surface area contributed by atoms with Crippen LogP contribution in [0.4, 0.5) is 0 Å². The highest BCUT2D eigenvalue weighted by molar-refractivity contribution is 5.15. The number of hydrogen-bond acceptors (Lipinski definition) is 4. The average Bonchev–Trinajstić information content (AvgIpc) is 2.15. The molecular formula is C8H11NO3. The molecule has 1 aromatic rings. The molecule has 1 heterocycles. The fourth-order valence-electron chi connectivity index (χ4n) is 0.776. The van der Waals surface area contributed by atoms with Gasteiger partial charge in [-0.2, -0.15) is 0 Å². The van der Waals surface area contributed by atoms with Gasteiger partial charge in [-0.1, -0.05) is 6.07 Å². The Morgan fingerprint density at radius 2 is 2.17 bits per heavy atom. The van der Waals surface area contributed by atoms with E-state index in [9.17, 15) is 0 Å². The molecule has 12 heavy (non-hydrogen) atoms. The van der Waals surface area contributed by atoms with E-state index >= 15 is 0 Å². The van der Waals surface area contributed by atoms with Crippen LogP contribution in [0.2, 0.25) is 0 Å². The number of nitrogens with zero attached hydrogens (tertiary/aromatic N) is 1. The van der Waals surface area contributed by atoms with Gasteiger partial charge in [-0.3, -0.25) is 0 Å². The molecule has 1 aromatic heterocycles. The van der Waals surface area contributed by atoms with Gasteiger partial charge >= 0.3 is 0 Å². The summed E-state index contributed by atoms with van der Waals surface area (Å²) in [6.45, 7) is 0.0865. The Balaban J connectivity index is 2.60. The third-order valence-electron chi connectivity index (χ3n) is 1.28. The smallest absolute Gasteiger partial charge is 0.213 e. The maximum Gasteiger partial charge on any atom is 0.213 e. The third kappa shape index (κ3) is 2.48. The average molecular weight is 169 g/mol. The van der Waals surface area contributed by atoms with Crippen LogP contribution in [0.5, 0.6) is 5.88 Å². The number of ether oxygens (including phenoxy) is 1. The van der Waals surface area contributed by atoms with Gasteiger partial charge < -0.3 is 14.9 Å². The molecule has 0 aliphatic heterocycles. The van der Waals surface area contributed by atoms with Crippen LogP contribution in [-0.2, 0) is 6.61 Å². The summed E-state index contributed by atoms with van der Waals surface area (Å²) in [5.41, 5.74) is 0.561. The number of pyridine rings is 1. The standard InChI is InChI=1S/C8H11NO3/c10-4-5-12-8-3-1-2-7(6-11)9-8/h1-3,10-11H,4-6H2. The lowest BCUT2D eigenvalue weighted by Gasteiger charge is -2.03. The Morgan fingerprint density at radius 1 is 1.33 bits per heavy atom. The fraction of sp³-hybridized carbons (Fsp3) is 0.375. The van der Waals surface area contributed by atoms with Gasteiger partial charge in [-0.15, -0.1) is 0 Å². The summed E-state index contributed by atoms with van der Waals surface area (Å²) in [5, 5.41) is 17.2. The lowest BCUT2D eigenvalue weighted by Crippen LogP contribution is -2.03. The topological polar surface area (TPSA) is 62.6 Å². The van der Waals surface area contributed by atoms with Crippen LogP contribution in [-0.4, -0.2) is 28.4 Å². The first-order valence-corrected chi connectivity index (χ1v) is 3.67. The molecular weight excluding hydrogens is 158 g/mol. The molecule has 0 spiro atoms. The van der Waals surface area contributed by atoms with Crippen molar-refractivity contribution in [1.82, 2.24) is 4.98 Å². The Kier molecular flexibility index (Phi) is 3.50. The molecule has 0 aromatic carbocycles. The first kappa shape index (κ1) is 8.96. The van der Waals surface area contributed by atoms with Crippen molar-refractivity contribution in [3.8, 4) is 5.88 Å². The van der Waals surface area contributed by atoms with Gasteiger partial charge in [0.15, 0.2) is 0 Å². The molecule has 0 radical (unpaired) electrons. The van der Waals surface area contributed by atoms with E-state index in [1.807, 2.05) is 0 Å². The van der Waals surface area contributed by atoms with E-state index in [0.29, 0.717) is 11.6 Å². The molecule has 66 valence electrons. The predicted octanol–water partition coefficient (Wildman–Crippen LogP) is -0.0550. The summed E-state index contributed by atoms with van der Waals surface area (Å²) >= 11 is 0. The van der Waals surface area contributed by atoms with E-state index in [0.717, 1.165) is 0 Å². The first-order valence-electron chi connectivity index (χ1n) is 3.67. The normalized spacial score (nSPS) is 9.83. The lowest BCUT2D eigenvalue weighted by atomic mass is 10.4. The molecule has 0 aliphatic rings. The summed E-state index contributed by atoms with van der Waals surface area (Å²) in [7, 11) is 0. The molecule has 1 rings (SSSR count). The molecule has 0 saturated heterocycles. The second kappa shape index (κ2) is 4.69. The minimum atomic E-state index is -0.101. The maximum atomic E-state index is 8.72. The van der Waals surface area contributed by atoms with Crippen molar-refractivity contribution < 1.29 is 14.9 Å². The fourth-order valence-corrected chi connectivity index (χ4v) is 0.776. The SMILES string of the molecule is OCCOc1cccc(CO)n1. The summed E-state index contributed by atoms with van der Waals surface area (Å²) < 4.78 is 5.03. The predicted molar refractivity (Wildman–Crippen MR) is 42.7 cm³/mol.